The van der Waals surface area contributed by atoms with Gasteiger partial charge in [0.1, 0.15) is 12.1 Å². The van der Waals surface area contributed by atoms with Crippen LogP contribution >= 0.6 is 0 Å². The number of nitrogens with zero attached hydrogens (tertiary/aromatic N) is 3. The summed E-state index contributed by atoms with van der Waals surface area (Å²) in [7, 11) is 3.34. The number of likely N-dealkylation sites (N-methyl/N-ethyl adjacent to an activating group) is 1. The van der Waals surface area contributed by atoms with Crippen molar-refractivity contribution in [1.29, 1.82) is 0 Å². The quantitative estimate of drug-likeness (QED) is 0.722. The number of aromatic nitrogens is 2. The summed E-state index contributed by atoms with van der Waals surface area (Å²) in [6, 6.07) is 5.16. The van der Waals surface area contributed by atoms with Crippen LogP contribution in [0.1, 0.15) is 10.4 Å². The summed E-state index contributed by atoms with van der Waals surface area (Å²) < 4.78 is 0. The van der Waals surface area contributed by atoms with E-state index in [1.165, 1.54) is 11.2 Å². The maximum atomic E-state index is 12.3. The molecule has 0 aliphatic carbocycles. The van der Waals surface area contributed by atoms with Gasteiger partial charge in [0.15, 0.2) is 0 Å². The molecule has 1 amide bonds. The second kappa shape index (κ2) is 6.47. The molecule has 2 rings (SSSR count). The van der Waals surface area contributed by atoms with E-state index in [1.807, 2.05) is 0 Å². The van der Waals surface area contributed by atoms with Gasteiger partial charge in [-0.2, -0.15) is 0 Å². The molecule has 0 saturated carbocycles. The Labute approximate surface area is 122 Å². The number of amides is 1. The molecule has 0 radical (unpaired) electrons. The summed E-state index contributed by atoms with van der Waals surface area (Å²) in [5, 5.41) is 22.0. The molecule has 2 aromatic rings. The van der Waals surface area contributed by atoms with Gasteiger partial charge in [-0.15, -0.1) is 0 Å². The van der Waals surface area contributed by atoms with E-state index in [0.29, 0.717) is 16.9 Å². The standard InChI is InChI=1S/C14H18N4O3/c1-15-13-11-4-3-9(5-12(11)16-8-17-13)14(21)18(2)6-10(20)7-19/h3-5,8,10,19-20H,6-7H2,1-2H3,(H,15,16,17)/t10-/m0/s1. The fourth-order valence-corrected chi connectivity index (χ4v) is 2.07. The second-order valence-corrected chi connectivity index (χ2v) is 4.73. The minimum Gasteiger partial charge on any atom is -0.394 e. The molecule has 1 aromatic heterocycles. The third-order valence-corrected chi connectivity index (χ3v) is 3.16. The first-order chi connectivity index (χ1) is 10.1. The number of aliphatic hydroxyl groups excluding tert-OH is 2. The van der Waals surface area contributed by atoms with Gasteiger partial charge in [-0.25, -0.2) is 9.97 Å². The molecule has 7 nitrogen and oxygen atoms in total. The number of rotatable bonds is 5. The Morgan fingerprint density at radius 3 is 2.86 bits per heavy atom. The van der Waals surface area contributed by atoms with Gasteiger partial charge in [-0.05, 0) is 18.2 Å². The van der Waals surface area contributed by atoms with Crippen molar-refractivity contribution in [2.24, 2.45) is 0 Å². The number of carbonyl (C=O) groups excluding carboxylic acids is 1. The monoisotopic (exact) mass is 290 g/mol. The molecule has 7 heteroatoms. The lowest BCUT2D eigenvalue weighted by atomic mass is 10.1. The summed E-state index contributed by atoms with van der Waals surface area (Å²) in [5.74, 6) is 0.456. The van der Waals surface area contributed by atoms with Crippen LogP contribution in [0.2, 0.25) is 0 Å². The molecule has 0 saturated heterocycles. The van der Waals surface area contributed by atoms with E-state index in [1.54, 1.807) is 32.3 Å². The summed E-state index contributed by atoms with van der Waals surface area (Å²) in [5.41, 5.74) is 1.13. The SMILES string of the molecule is CNc1ncnc2cc(C(=O)N(C)C[C@H](O)CO)ccc12. The van der Waals surface area contributed by atoms with Crippen molar-refractivity contribution in [1.82, 2.24) is 14.9 Å². The highest BCUT2D eigenvalue weighted by Gasteiger charge is 2.16. The Morgan fingerprint density at radius 1 is 1.43 bits per heavy atom. The number of hydrogen-bond acceptors (Lipinski definition) is 6. The molecule has 0 aliphatic heterocycles. The molecule has 0 bridgehead atoms. The summed E-state index contributed by atoms with van der Waals surface area (Å²) in [4.78, 5) is 21.9. The maximum absolute atomic E-state index is 12.3. The molecule has 1 atom stereocenters. The maximum Gasteiger partial charge on any atom is 0.253 e. The zero-order valence-corrected chi connectivity index (χ0v) is 11.9. The van der Waals surface area contributed by atoms with Crippen LogP contribution in [-0.4, -0.2) is 64.3 Å². The van der Waals surface area contributed by atoms with E-state index in [9.17, 15) is 9.90 Å². The Hall–Kier alpha value is -2.25. The Bertz CT molecular complexity index is 647. The third kappa shape index (κ3) is 3.26. The summed E-state index contributed by atoms with van der Waals surface area (Å²) in [6.45, 7) is -0.312. The van der Waals surface area contributed by atoms with Gasteiger partial charge in [-0.3, -0.25) is 4.79 Å². The van der Waals surface area contributed by atoms with Crippen molar-refractivity contribution in [2.75, 3.05) is 32.6 Å². The molecule has 0 fully saturated rings. The summed E-state index contributed by atoms with van der Waals surface area (Å²) in [6.07, 6.45) is 0.486. The van der Waals surface area contributed by atoms with E-state index in [2.05, 4.69) is 15.3 Å². The second-order valence-electron chi connectivity index (χ2n) is 4.73. The highest BCUT2D eigenvalue weighted by molar-refractivity contribution is 5.99. The lowest BCUT2D eigenvalue weighted by Gasteiger charge is -2.20. The zero-order valence-electron chi connectivity index (χ0n) is 11.9. The molecule has 112 valence electrons. The Balaban J connectivity index is 2.28. The van der Waals surface area contributed by atoms with Crippen LogP contribution in [-0.2, 0) is 0 Å². The van der Waals surface area contributed by atoms with Crippen molar-refractivity contribution in [3.05, 3.63) is 30.1 Å². The van der Waals surface area contributed by atoms with Crippen molar-refractivity contribution < 1.29 is 15.0 Å². The third-order valence-electron chi connectivity index (χ3n) is 3.16. The number of carbonyl (C=O) groups is 1. The largest absolute Gasteiger partial charge is 0.394 e. The molecule has 0 spiro atoms. The fourth-order valence-electron chi connectivity index (χ4n) is 2.07. The van der Waals surface area contributed by atoms with E-state index in [0.717, 1.165) is 5.39 Å². The van der Waals surface area contributed by atoms with Crippen LogP contribution in [0.15, 0.2) is 24.5 Å². The first-order valence-electron chi connectivity index (χ1n) is 6.53. The average Bonchev–Trinajstić information content (AvgIpc) is 2.52. The van der Waals surface area contributed by atoms with Crippen LogP contribution in [0.3, 0.4) is 0 Å². The van der Waals surface area contributed by atoms with E-state index in [4.69, 9.17) is 5.11 Å². The van der Waals surface area contributed by atoms with Crippen molar-refractivity contribution in [2.45, 2.75) is 6.10 Å². The number of fused-ring (bicyclic) bond motifs is 1. The van der Waals surface area contributed by atoms with Gasteiger partial charge in [0.2, 0.25) is 0 Å². The van der Waals surface area contributed by atoms with Crippen LogP contribution in [0.25, 0.3) is 10.9 Å². The van der Waals surface area contributed by atoms with Crippen LogP contribution < -0.4 is 5.32 Å². The van der Waals surface area contributed by atoms with Crippen LogP contribution in [0, 0.1) is 0 Å². The van der Waals surface area contributed by atoms with E-state index < -0.39 is 6.10 Å². The van der Waals surface area contributed by atoms with Crippen molar-refractivity contribution >= 4 is 22.6 Å². The first-order valence-corrected chi connectivity index (χ1v) is 6.53. The Kier molecular flexibility index (Phi) is 4.66. The van der Waals surface area contributed by atoms with E-state index in [-0.39, 0.29) is 19.1 Å². The van der Waals surface area contributed by atoms with Crippen LogP contribution in [0.4, 0.5) is 5.82 Å². The topological polar surface area (TPSA) is 98.6 Å². The smallest absolute Gasteiger partial charge is 0.253 e. The summed E-state index contributed by atoms with van der Waals surface area (Å²) >= 11 is 0. The minimum atomic E-state index is -0.947. The predicted octanol–water partition coefficient (Wildman–Crippen LogP) is 0.0967. The van der Waals surface area contributed by atoms with Crippen LogP contribution in [0.5, 0.6) is 0 Å². The lowest BCUT2D eigenvalue weighted by Crippen LogP contribution is -2.35. The number of anilines is 1. The molecular weight excluding hydrogens is 272 g/mol. The number of aliphatic hydroxyl groups is 2. The highest BCUT2D eigenvalue weighted by Crippen LogP contribution is 2.20. The van der Waals surface area contributed by atoms with Crippen molar-refractivity contribution in [3.8, 4) is 0 Å². The molecule has 3 N–H and O–H groups in total. The fraction of sp³-hybridized carbons (Fsp3) is 0.357. The molecule has 1 aromatic carbocycles. The highest BCUT2D eigenvalue weighted by atomic mass is 16.3. The van der Waals surface area contributed by atoms with Gasteiger partial charge in [0, 0.05) is 31.6 Å². The number of benzene rings is 1. The normalized spacial score (nSPS) is 12.2. The van der Waals surface area contributed by atoms with Gasteiger partial charge in [0.25, 0.3) is 5.91 Å². The molecule has 0 aliphatic rings. The average molecular weight is 290 g/mol. The molecule has 21 heavy (non-hydrogen) atoms. The number of hydrogen-bond donors (Lipinski definition) is 3. The Morgan fingerprint density at radius 2 is 2.19 bits per heavy atom. The van der Waals surface area contributed by atoms with Gasteiger partial charge < -0.3 is 20.4 Å². The minimum absolute atomic E-state index is 0.0684. The lowest BCUT2D eigenvalue weighted by molar-refractivity contribution is 0.0520. The molecule has 1 heterocycles. The van der Waals surface area contributed by atoms with Crippen molar-refractivity contribution in [3.63, 3.8) is 0 Å². The molecule has 0 unspecified atom stereocenters. The molecular formula is C14H18N4O3. The van der Waals surface area contributed by atoms with Gasteiger partial charge in [0.05, 0.1) is 18.2 Å². The van der Waals surface area contributed by atoms with Gasteiger partial charge in [-0.1, -0.05) is 0 Å². The first kappa shape index (κ1) is 15.1. The van der Waals surface area contributed by atoms with E-state index >= 15 is 0 Å². The predicted molar refractivity (Wildman–Crippen MR) is 79.1 cm³/mol. The number of nitrogens with one attached hydrogen (secondary N) is 1. The van der Waals surface area contributed by atoms with Gasteiger partial charge >= 0.3 is 0 Å². The zero-order chi connectivity index (χ0) is 15.4.